The summed E-state index contributed by atoms with van der Waals surface area (Å²) in [4.78, 5) is 50.5. The number of fused-ring (bicyclic) bond motifs is 1. The zero-order valence-corrected chi connectivity index (χ0v) is 16.8. The van der Waals surface area contributed by atoms with E-state index in [4.69, 9.17) is 4.74 Å². The summed E-state index contributed by atoms with van der Waals surface area (Å²) in [6.07, 6.45) is 0. The van der Waals surface area contributed by atoms with Crippen molar-refractivity contribution in [3.05, 3.63) is 100 Å². The lowest BCUT2D eigenvalue weighted by Gasteiger charge is -2.13. The third kappa shape index (κ3) is 3.85. The Morgan fingerprint density at radius 3 is 2.25 bits per heavy atom. The number of benzene rings is 3. The molecule has 0 unspecified atom stereocenters. The molecule has 1 aliphatic rings. The zero-order valence-electron chi connectivity index (χ0n) is 16.8. The van der Waals surface area contributed by atoms with E-state index >= 15 is 0 Å². The van der Waals surface area contributed by atoms with Crippen LogP contribution in [0, 0.1) is 5.82 Å². The van der Waals surface area contributed by atoms with Gasteiger partial charge in [0.05, 0.1) is 35.1 Å². The van der Waals surface area contributed by atoms with E-state index in [1.165, 1.54) is 37.4 Å². The van der Waals surface area contributed by atoms with E-state index in [0.717, 1.165) is 17.0 Å². The molecule has 3 aromatic carbocycles. The maximum Gasteiger partial charge on any atom is 0.338 e. The second-order valence-corrected chi connectivity index (χ2v) is 6.95. The van der Waals surface area contributed by atoms with Crippen molar-refractivity contribution in [3.8, 4) is 0 Å². The summed E-state index contributed by atoms with van der Waals surface area (Å²) in [5.41, 5.74) is 1.42. The van der Waals surface area contributed by atoms with Crippen molar-refractivity contribution < 1.29 is 33.0 Å². The number of halogens is 1. The molecular formula is C24H16FNO6. The minimum atomic E-state index is -0.697. The first-order valence-corrected chi connectivity index (χ1v) is 9.52. The van der Waals surface area contributed by atoms with Crippen LogP contribution in [-0.2, 0) is 16.1 Å². The van der Waals surface area contributed by atoms with Crippen molar-refractivity contribution in [3.63, 3.8) is 0 Å². The predicted octanol–water partition coefficient (Wildman–Crippen LogP) is 3.77. The number of carbonyl (C=O) groups excluding carboxylic acids is 4. The fraction of sp³-hybridized carbons (Fsp3) is 0.0833. The molecule has 7 nitrogen and oxygen atoms in total. The molecule has 0 aromatic heterocycles. The molecule has 0 N–H and O–H groups in total. The van der Waals surface area contributed by atoms with Gasteiger partial charge in [0.25, 0.3) is 11.8 Å². The first-order chi connectivity index (χ1) is 15.4. The van der Waals surface area contributed by atoms with Gasteiger partial charge in [-0.15, -0.1) is 0 Å². The third-order valence-corrected chi connectivity index (χ3v) is 4.93. The highest BCUT2D eigenvalue weighted by Gasteiger charge is 2.37. The molecule has 0 saturated carbocycles. The molecule has 1 aliphatic heterocycles. The van der Waals surface area contributed by atoms with Crippen LogP contribution in [0.15, 0.2) is 66.7 Å². The number of amides is 2. The maximum atomic E-state index is 13.2. The van der Waals surface area contributed by atoms with E-state index in [1.54, 1.807) is 24.3 Å². The van der Waals surface area contributed by atoms with Gasteiger partial charge in [-0.3, -0.25) is 9.59 Å². The molecule has 4 rings (SSSR count). The normalized spacial score (nSPS) is 12.5. The van der Waals surface area contributed by atoms with Gasteiger partial charge in [0.2, 0.25) is 0 Å². The predicted molar refractivity (Wildman–Crippen MR) is 111 cm³/mol. The van der Waals surface area contributed by atoms with Gasteiger partial charge >= 0.3 is 11.9 Å². The van der Waals surface area contributed by atoms with Crippen LogP contribution in [0.3, 0.4) is 0 Å². The van der Waals surface area contributed by atoms with E-state index in [-0.39, 0.29) is 29.0 Å². The Kier molecular flexibility index (Phi) is 5.51. The van der Waals surface area contributed by atoms with E-state index < -0.39 is 29.6 Å². The second-order valence-electron chi connectivity index (χ2n) is 6.95. The number of methoxy groups -OCH3 is 1. The minimum absolute atomic E-state index is 0.0569. The average Bonchev–Trinajstić information content (AvgIpc) is 3.07. The summed E-state index contributed by atoms with van der Waals surface area (Å²) in [5, 5.41) is 0. The highest BCUT2D eigenvalue weighted by atomic mass is 19.1. The van der Waals surface area contributed by atoms with Crippen LogP contribution in [0.4, 0.5) is 10.1 Å². The monoisotopic (exact) mass is 433 g/mol. The number of esters is 2. The second kappa shape index (κ2) is 8.43. The summed E-state index contributed by atoms with van der Waals surface area (Å²) in [6, 6.07) is 15.5. The molecule has 0 aliphatic carbocycles. The minimum Gasteiger partial charge on any atom is -0.465 e. The van der Waals surface area contributed by atoms with Crippen LogP contribution in [0.1, 0.15) is 47.0 Å². The van der Waals surface area contributed by atoms with Gasteiger partial charge in [0.15, 0.2) is 0 Å². The highest BCUT2D eigenvalue weighted by Crippen LogP contribution is 2.29. The van der Waals surface area contributed by atoms with Crippen LogP contribution in [0.25, 0.3) is 0 Å². The quantitative estimate of drug-likeness (QED) is 0.450. The van der Waals surface area contributed by atoms with Crippen molar-refractivity contribution in [2.24, 2.45) is 0 Å². The number of imide groups is 1. The Balaban J connectivity index is 1.51. The molecule has 0 saturated heterocycles. The topological polar surface area (TPSA) is 90.0 Å². The summed E-state index contributed by atoms with van der Waals surface area (Å²) in [5.74, 6) is -2.87. The van der Waals surface area contributed by atoms with E-state index in [1.807, 2.05) is 0 Å². The van der Waals surface area contributed by atoms with Crippen molar-refractivity contribution in [2.45, 2.75) is 6.61 Å². The number of nitrogens with zero attached hydrogens (tertiary/aromatic N) is 1. The van der Waals surface area contributed by atoms with Crippen LogP contribution >= 0.6 is 0 Å². The number of anilines is 1. The summed E-state index contributed by atoms with van der Waals surface area (Å²) < 4.78 is 23.1. The Morgan fingerprint density at radius 2 is 1.53 bits per heavy atom. The number of hydrogen-bond donors (Lipinski definition) is 0. The molecule has 0 atom stereocenters. The molecular weight excluding hydrogens is 417 g/mol. The first kappa shape index (κ1) is 20.9. The van der Waals surface area contributed by atoms with Crippen LogP contribution in [0.2, 0.25) is 0 Å². The van der Waals surface area contributed by atoms with Crippen molar-refractivity contribution >= 4 is 29.4 Å². The molecule has 160 valence electrons. The fourth-order valence-electron chi connectivity index (χ4n) is 3.33. The maximum absolute atomic E-state index is 13.2. The van der Waals surface area contributed by atoms with Gasteiger partial charge in [0.1, 0.15) is 12.4 Å². The molecule has 0 spiro atoms. The van der Waals surface area contributed by atoms with Crippen molar-refractivity contribution in [2.75, 3.05) is 12.0 Å². The third-order valence-electron chi connectivity index (χ3n) is 4.93. The number of hydrogen-bond acceptors (Lipinski definition) is 6. The SMILES string of the molecule is COC(=O)c1cccc(COC(=O)c2ccc3c(c2)C(=O)N(c2ccc(F)cc2)C3=O)c1. The van der Waals surface area contributed by atoms with E-state index in [2.05, 4.69) is 4.74 Å². The van der Waals surface area contributed by atoms with Crippen molar-refractivity contribution in [1.82, 2.24) is 0 Å². The summed E-state index contributed by atoms with van der Waals surface area (Å²) >= 11 is 0. The summed E-state index contributed by atoms with van der Waals surface area (Å²) in [7, 11) is 1.27. The molecule has 2 amide bonds. The lowest BCUT2D eigenvalue weighted by Crippen LogP contribution is -2.29. The lowest BCUT2D eigenvalue weighted by atomic mass is 10.1. The largest absolute Gasteiger partial charge is 0.465 e. The molecule has 0 radical (unpaired) electrons. The standard InChI is InChI=1S/C24H16FNO6/c1-31-23(29)15-4-2-3-14(11-15)13-32-24(30)16-5-10-19-20(12-16)22(28)26(21(19)27)18-8-6-17(25)7-9-18/h2-12H,13H2,1H3. The first-order valence-electron chi connectivity index (χ1n) is 9.52. The number of rotatable bonds is 5. The molecule has 0 bridgehead atoms. The van der Waals surface area contributed by atoms with Gasteiger partial charge in [-0.2, -0.15) is 0 Å². The summed E-state index contributed by atoms with van der Waals surface area (Å²) in [6.45, 7) is -0.102. The number of carbonyl (C=O) groups is 4. The Labute approximate surface area is 182 Å². The van der Waals surface area contributed by atoms with Gasteiger partial charge in [-0.25, -0.2) is 18.9 Å². The van der Waals surface area contributed by atoms with Crippen LogP contribution in [0.5, 0.6) is 0 Å². The highest BCUT2D eigenvalue weighted by molar-refractivity contribution is 6.34. The van der Waals surface area contributed by atoms with E-state index in [9.17, 15) is 23.6 Å². The molecule has 1 heterocycles. The molecule has 8 heteroatoms. The van der Waals surface area contributed by atoms with Crippen molar-refractivity contribution in [1.29, 1.82) is 0 Å². The lowest BCUT2D eigenvalue weighted by molar-refractivity contribution is 0.0472. The average molecular weight is 433 g/mol. The zero-order chi connectivity index (χ0) is 22.8. The molecule has 0 fully saturated rings. The van der Waals surface area contributed by atoms with E-state index in [0.29, 0.717) is 11.1 Å². The Bertz CT molecular complexity index is 1250. The Morgan fingerprint density at radius 1 is 0.844 bits per heavy atom. The fourth-order valence-corrected chi connectivity index (χ4v) is 3.33. The van der Waals surface area contributed by atoms with Gasteiger partial charge in [0, 0.05) is 0 Å². The molecule has 3 aromatic rings. The Hall–Kier alpha value is -4.33. The smallest absolute Gasteiger partial charge is 0.338 e. The van der Waals surface area contributed by atoms with Gasteiger partial charge < -0.3 is 9.47 Å². The van der Waals surface area contributed by atoms with Crippen LogP contribution < -0.4 is 4.90 Å². The van der Waals surface area contributed by atoms with Gasteiger partial charge in [-0.05, 0) is 60.2 Å². The number of ether oxygens (including phenoxy) is 2. The van der Waals surface area contributed by atoms with Crippen LogP contribution in [-0.4, -0.2) is 30.9 Å². The van der Waals surface area contributed by atoms with Gasteiger partial charge in [-0.1, -0.05) is 12.1 Å². The molecule has 32 heavy (non-hydrogen) atoms.